The van der Waals surface area contributed by atoms with Crippen LogP contribution in [-0.4, -0.2) is 37.4 Å². The summed E-state index contributed by atoms with van der Waals surface area (Å²) < 4.78 is 0. The minimum Gasteiger partial charge on any atom is -0.385 e. The number of nitrogens with zero attached hydrogens (tertiary/aromatic N) is 5. The van der Waals surface area contributed by atoms with Crippen LogP contribution in [0.15, 0.2) is 30.5 Å². The summed E-state index contributed by atoms with van der Waals surface area (Å²) in [5.74, 6) is -0.296. The van der Waals surface area contributed by atoms with Crippen molar-refractivity contribution in [3.05, 3.63) is 52.6 Å². The number of nitrogen functional groups attached to an aromatic ring is 1. The molecule has 138 valence electrons. The predicted molar refractivity (Wildman–Crippen MR) is 101 cm³/mol. The lowest BCUT2D eigenvalue weighted by molar-refractivity contribution is 0.0930. The zero-order chi connectivity index (χ0) is 19.0. The predicted octanol–water partition coefficient (Wildman–Crippen LogP) is 1.89. The molecule has 3 aromatic rings. The Morgan fingerprint density at radius 3 is 2.96 bits per heavy atom. The lowest BCUT2D eigenvalue weighted by Crippen LogP contribution is -2.34. The number of carbonyl (C=O) groups excluding carboxylic acids is 1. The zero-order valence-corrected chi connectivity index (χ0v) is 15.2. The Bertz CT molecular complexity index is 1020. The van der Waals surface area contributed by atoms with E-state index in [9.17, 15) is 4.79 Å². The average Bonchev–Trinajstić information content (AvgIpc) is 3.09. The number of carbonyl (C=O) groups is 1. The first-order valence-electron chi connectivity index (χ1n) is 8.39. The Hall–Kier alpha value is -3.20. The van der Waals surface area contributed by atoms with Crippen LogP contribution in [0.5, 0.6) is 0 Å². The van der Waals surface area contributed by atoms with E-state index in [-0.39, 0.29) is 28.5 Å². The molecule has 0 aliphatic carbocycles. The van der Waals surface area contributed by atoms with Crippen LogP contribution in [-0.2, 0) is 0 Å². The number of hydrogen-bond donors (Lipinski definition) is 3. The number of para-hydroxylation sites is 1. The molecule has 2 aromatic heterocycles. The van der Waals surface area contributed by atoms with Gasteiger partial charge in [-0.2, -0.15) is 10.2 Å². The maximum Gasteiger partial charge on any atom is 0.274 e. The Morgan fingerprint density at radius 1 is 1.37 bits per heavy atom. The second-order valence-corrected chi connectivity index (χ2v) is 6.53. The fourth-order valence-electron chi connectivity index (χ4n) is 3.00. The molecule has 0 saturated heterocycles. The van der Waals surface area contributed by atoms with Gasteiger partial charge in [-0.1, -0.05) is 29.8 Å². The van der Waals surface area contributed by atoms with Gasteiger partial charge in [0, 0.05) is 12.2 Å². The largest absolute Gasteiger partial charge is 0.385 e. The minimum absolute atomic E-state index is 0.00402. The maximum absolute atomic E-state index is 12.7. The van der Waals surface area contributed by atoms with E-state index in [0.717, 1.165) is 24.2 Å². The van der Waals surface area contributed by atoms with Gasteiger partial charge in [0.05, 0.1) is 17.9 Å². The highest BCUT2D eigenvalue weighted by Gasteiger charge is 2.25. The van der Waals surface area contributed by atoms with Crippen LogP contribution in [0, 0.1) is 6.92 Å². The summed E-state index contributed by atoms with van der Waals surface area (Å²) in [5, 5.41) is 14.4. The molecule has 1 atom stereocenters. The molecule has 1 unspecified atom stereocenters. The molecule has 4 N–H and O–H groups in total. The number of amides is 1. The van der Waals surface area contributed by atoms with Gasteiger partial charge < -0.3 is 16.4 Å². The molecule has 0 spiro atoms. The Kier molecular flexibility index (Phi) is 4.36. The van der Waals surface area contributed by atoms with Crippen LogP contribution in [0.3, 0.4) is 0 Å². The van der Waals surface area contributed by atoms with E-state index < -0.39 is 5.91 Å². The number of halogens is 1. The highest BCUT2D eigenvalue weighted by molar-refractivity contribution is 6.31. The number of rotatable bonds is 3. The Balaban J connectivity index is 1.61. The molecule has 10 heteroatoms. The number of nitrogens with one attached hydrogen (secondary N) is 2. The van der Waals surface area contributed by atoms with Gasteiger partial charge in [-0.3, -0.25) is 4.79 Å². The molecule has 27 heavy (non-hydrogen) atoms. The quantitative estimate of drug-likeness (QED) is 0.629. The van der Waals surface area contributed by atoms with Crippen molar-refractivity contribution in [1.29, 1.82) is 0 Å². The Labute approximate surface area is 160 Å². The molecular weight excluding hydrogens is 368 g/mol. The normalized spacial score (nSPS) is 15.7. The lowest BCUT2D eigenvalue weighted by atomic mass is 9.98. The number of hydrogen-bond acceptors (Lipinski definition) is 7. The van der Waals surface area contributed by atoms with E-state index in [1.165, 1.54) is 4.80 Å². The summed E-state index contributed by atoms with van der Waals surface area (Å²) in [5.41, 5.74) is 8.65. The number of aromatic nitrogens is 5. The molecule has 1 aromatic carbocycles. The summed E-state index contributed by atoms with van der Waals surface area (Å²) in [7, 11) is 0. The average molecular weight is 385 g/mol. The molecule has 1 amide bonds. The van der Waals surface area contributed by atoms with Gasteiger partial charge in [0.1, 0.15) is 0 Å². The molecule has 0 saturated carbocycles. The van der Waals surface area contributed by atoms with Crippen molar-refractivity contribution >= 4 is 29.0 Å². The topological polar surface area (TPSA) is 124 Å². The van der Waals surface area contributed by atoms with Crippen LogP contribution >= 0.6 is 11.6 Å². The monoisotopic (exact) mass is 384 g/mol. The smallest absolute Gasteiger partial charge is 0.274 e. The number of fused-ring (bicyclic) bond motifs is 1. The van der Waals surface area contributed by atoms with Gasteiger partial charge in [0.15, 0.2) is 16.7 Å². The summed E-state index contributed by atoms with van der Waals surface area (Å²) in [6.45, 7) is 2.54. The van der Waals surface area contributed by atoms with Crippen molar-refractivity contribution in [1.82, 2.24) is 30.3 Å². The van der Waals surface area contributed by atoms with Gasteiger partial charge in [0.2, 0.25) is 5.82 Å². The standard InChI is InChI=1S/C17H17ClN8O/c1-9-8-21-26(25-9)16-14(18)23-13(15(19)24-16)17(27)22-12-6-7-20-11-5-3-2-4-10(11)12/h2-5,8,12,20H,6-7H2,1H3,(H2,19,24)(H,22,27). The first kappa shape index (κ1) is 17.2. The fraction of sp³-hybridized carbons (Fsp3) is 0.235. The highest BCUT2D eigenvalue weighted by Crippen LogP contribution is 2.29. The SMILES string of the molecule is Cc1cnn(-c2nc(N)c(C(=O)NC3CCNc4ccccc43)nc2Cl)n1. The summed E-state index contributed by atoms with van der Waals surface area (Å²) in [6.07, 6.45) is 2.31. The van der Waals surface area contributed by atoms with Crippen molar-refractivity contribution in [3.63, 3.8) is 0 Å². The molecule has 1 aliphatic rings. The van der Waals surface area contributed by atoms with Gasteiger partial charge in [0.25, 0.3) is 5.91 Å². The molecule has 9 nitrogen and oxygen atoms in total. The van der Waals surface area contributed by atoms with E-state index in [2.05, 4.69) is 30.8 Å². The van der Waals surface area contributed by atoms with Crippen molar-refractivity contribution in [2.24, 2.45) is 0 Å². The van der Waals surface area contributed by atoms with Crippen molar-refractivity contribution in [3.8, 4) is 5.82 Å². The van der Waals surface area contributed by atoms with Gasteiger partial charge >= 0.3 is 0 Å². The highest BCUT2D eigenvalue weighted by atomic mass is 35.5. The van der Waals surface area contributed by atoms with E-state index in [1.807, 2.05) is 24.3 Å². The van der Waals surface area contributed by atoms with E-state index in [0.29, 0.717) is 5.69 Å². The van der Waals surface area contributed by atoms with Crippen LogP contribution in [0.1, 0.15) is 34.2 Å². The third-order valence-electron chi connectivity index (χ3n) is 4.26. The molecule has 4 rings (SSSR count). The summed E-state index contributed by atoms with van der Waals surface area (Å²) in [6, 6.07) is 7.69. The Morgan fingerprint density at radius 2 is 2.19 bits per heavy atom. The van der Waals surface area contributed by atoms with Crippen LogP contribution in [0.4, 0.5) is 11.5 Å². The van der Waals surface area contributed by atoms with Crippen LogP contribution < -0.4 is 16.4 Å². The van der Waals surface area contributed by atoms with Crippen molar-refractivity contribution in [2.75, 3.05) is 17.6 Å². The van der Waals surface area contributed by atoms with E-state index >= 15 is 0 Å². The second kappa shape index (κ2) is 6.84. The number of benzene rings is 1. The molecule has 1 aliphatic heterocycles. The van der Waals surface area contributed by atoms with Crippen LogP contribution in [0.2, 0.25) is 5.15 Å². The second-order valence-electron chi connectivity index (χ2n) is 6.18. The van der Waals surface area contributed by atoms with E-state index in [4.69, 9.17) is 17.3 Å². The van der Waals surface area contributed by atoms with Crippen LogP contribution in [0.25, 0.3) is 5.82 Å². The first-order valence-corrected chi connectivity index (χ1v) is 8.76. The fourth-order valence-corrected chi connectivity index (χ4v) is 3.20. The number of nitrogens with two attached hydrogens (primary N) is 1. The minimum atomic E-state index is -0.431. The summed E-state index contributed by atoms with van der Waals surface area (Å²) >= 11 is 6.19. The molecule has 0 bridgehead atoms. The molecular formula is C17H17ClN8O. The van der Waals surface area contributed by atoms with Crippen molar-refractivity contribution < 1.29 is 4.79 Å². The van der Waals surface area contributed by atoms with Gasteiger partial charge in [-0.15, -0.1) is 4.80 Å². The van der Waals surface area contributed by atoms with Gasteiger partial charge in [-0.25, -0.2) is 9.97 Å². The third-order valence-corrected chi connectivity index (χ3v) is 4.52. The lowest BCUT2D eigenvalue weighted by Gasteiger charge is -2.27. The van der Waals surface area contributed by atoms with Crippen molar-refractivity contribution in [2.45, 2.75) is 19.4 Å². The molecule has 0 fully saturated rings. The van der Waals surface area contributed by atoms with Gasteiger partial charge in [-0.05, 0) is 25.0 Å². The first-order chi connectivity index (χ1) is 13.0. The molecule has 3 heterocycles. The maximum atomic E-state index is 12.7. The summed E-state index contributed by atoms with van der Waals surface area (Å²) in [4.78, 5) is 22.3. The third kappa shape index (κ3) is 3.28. The molecule has 0 radical (unpaired) electrons. The number of aryl methyl sites for hydroxylation is 1. The van der Waals surface area contributed by atoms with E-state index in [1.54, 1.807) is 13.1 Å². The zero-order valence-electron chi connectivity index (χ0n) is 14.5. The number of anilines is 2.